The van der Waals surface area contributed by atoms with E-state index in [4.69, 9.17) is 11.6 Å². The average Bonchev–Trinajstić information content (AvgIpc) is 2.87. The number of fused-ring (bicyclic) bond motifs is 1. The molecule has 4 nitrogen and oxygen atoms in total. The Hall–Kier alpha value is -1.55. The second-order valence-corrected chi connectivity index (χ2v) is 6.34. The number of halogens is 1. The second-order valence-electron chi connectivity index (χ2n) is 5.91. The maximum absolute atomic E-state index is 12.3. The normalized spacial score (nSPS) is 19.1. The Morgan fingerprint density at radius 3 is 3.14 bits per heavy atom. The fourth-order valence-electron chi connectivity index (χ4n) is 3.00. The van der Waals surface area contributed by atoms with Crippen molar-refractivity contribution in [1.82, 2.24) is 14.7 Å². The van der Waals surface area contributed by atoms with Gasteiger partial charge in [0.15, 0.2) is 0 Å². The molecule has 0 N–H and O–H groups in total. The van der Waals surface area contributed by atoms with Gasteiger partial charge in [0.05, 0.1) is 18.3 Å². The van der Waals surface area contributed by atoms with E-state index >= 15 is 0 Å². The molecule has 1 aromatic carbocycles. The molecular formula is C16H20ClN3O. The van der Waals surface area contributed by atoms with Gasteiger partial charge in [-0.25, -0.2) is 0 Å². The van der Waals surface area contributed by atoms with Crippen molar-refractivity contribution in [2.24, 2.45) is 5.92 Å². The van der Waals surface area contributed by atoms with Gasteiger partial charge in [0.1, 0.15) is 0 Å². The molecule has 1 aliphatic heterocycles. The minimum Gasteiger partial charge on any atom is -0.342 e. The molecule has 21 heavy (non-hydrogen) atoms. The van der Waals surface area contributed by atoms with Crippen molar-refractivity contribution in [2.45, 2.75) is 32.7 Å². The number of amides is 1. The Balaban J connectivity index is 1.66. The van der Waals surface area contributed by atoms with Crippen molar-refractivity contribution >= 4 is 28.4 Å². The molecule has 1 amide bonds. The second kappa shape index (κ2) is 6.06. The monoisotopic (exact) mass is 305 g/mol. The van der Waals surface area contributed by atoms with Crippen LogP contribution in [0.4, 0.5) is 0 Å². The molecule has 1 atom stereocenters. The molecule has 0 aliphatic carbocycles. The number of rotatable bonds is 3. The van der Waals surface area contributed by atoms with Crippen molar-refractivity contribution in [1.29, 1.82) is 0 Å². The van der Waals surface area contributed by atoms with Crippen LogP contribution in [-0.2, 0) is 11.3 Å². The summed E-state index contributed by atoms with van der Waals surface area (Å²) in [4.78, 5) is 14.3. The van der Waals surface area contributed by atoms with E-state index in [2.05, 4.69) is 12.0 Å². The van der Waals surface area contributed by atoms with E-state index in [0.29, 0.717) is 23.9 Å². The molecule has 0 unspecified atom stereocenters. The van der Waals surface area contributed by atoms with E-state index in [1.165, 1.54) is 6.42 Å². The summed E-state index contributed by atoms with van der Waals surface area (Å²) in [6.45, 7) is 4.61. The fourth-order valence-corrected chi connectivity index (χ4v) is 3.16. The molecular weight excluding hydrogens is 286 g/mol. The lowest BCUT2D eigenvalue weighted by molar-refractivity contribution is -0.133. The smallest absolute Gasteiger partial charge is 0.224 e. The highest BCUT2D eigenvalue weighted by Crippen LogP contribution is 2.20. The molecule has 5 heteroatoms. The van der Waals surface area contributed by atoms with E-state index in [0.717, 1.165) is 30.4 Å². The third-order valence-electron chi connectivity index (χ3n) is 4.15. The van der Waals surface area contributed by atoms with Crippen LogP contribution in [0, 0.1) is 5.92 Å². The number of benzene rings is 1. The summed E-state index contributed by atoms with van der Waals surface area (Å²) in [5.41, 5.74) is 0.988. The molecule has 0 saturated carbocycles. The van der Waals surface area contributed by atoms with E-state index in [-0.39, 0.29) is 5.91 Å². The zero-order chi connectivity index (χ0) is 14.8. The molecule has 2 heterocycles. The molecule has 0 bridgehead atoms. The first-order valence-electron chi connectivity index (χ1n) is 7.52. The number of likely N-dealkylation sites (tertiary alicyclic amines) is 1. The minimum atomic E-state index is 0.229. The zero-order valence-electron chi connectivity index (χ0n) is 12.3. The first kappa shape index (κ1) is 14.4. The van der Waals surface area contributed by atoms with Gasteiger partial charge in [-0.3, -0.25) is 9.48 Å². The first-order chi connectivity index (χ1) is 10.1. The number of piperidine rings is 1. The van der Waals surface area contributed by atoms with Gasteiger partial charge in [-0.05, 0) is 37.0 Å². The molecule has 1 fully saturated rings. The standard InChI is InChI=1S/C16H20ClN3O/c1-12-3-2-7-19(11-12)16(21)6-8-20-15-9-14(17)5-4-13(15)10-18-20/h4-5,9-10,12H,2-3,6-8,11H2,1H3/t12-/m1/s1. The molecule has 0 radical (unpaired) electrons. The molecule has 0 spiro atoms. The summed E-state index contributed by atoms with van der Waals surface area (Å²) < 4.78 is 1.87. The van der Waals surface area contributed by atoms with Gasteiger partial charge in [0.2, 0.25) is 5.91 Å². The largest absolute Gasteiger partial charge is 0.342 e. The summed E-state index contributed by atoms with van der Waals surface area (Å²) in [5, 5.41) is 6.10. The van der Waals surface area contributed by atoms with E-state index < -0.39 is 0 Å². The van der Waals surface area contributed by atoms with Crippen molar-refractivity contribution < 1.29 is 4.79 Å². The predicted octanol–water partition coefficient (Wildman–Crippen LogP) is 3.34. The number of nitrogens with zero attached hydrogens (tertiary/aromatic N) is 3. The summed E-state index contributed by atoms with van der Waals surface area (Å²) in [6, 6.07) is 5.71. The van der Waals surface area contributed by atoms with Crippen LogP contribution in [0.25, 0.3) is 10.9 Å². The molecule has 1 aromatic heterocycles. The minimum absolute atomic E-state index is 0.229. The van der Waals surface area contributed by atoms with E-state index in [1.54, 1.807) is 0 Å². The fraction of sp³-hybridized carbons (Fsp3) is 0.500. The Morgan fingerprint density at radius 1 is 1.48 bits per heavy atom. The van der Waals surface area contributed by atoms with Crippen LogP contribution in [0.2, 0.25) is 5.02 Å². The van der Waals surface area contributed by atoms with Gasteiger partial charge in [0, 0.05) is 29.9 Å². The lowest BCUT2D eigenvalue weighted by atomic mass is 10.00. The van der Waals surface area contributed by atoms with Gasteiger partial charge >= 0.3 is 0 Å². The van der Waals surface area contributed by atoms with Crippen LogP contribution in [-0.4, -0.2) is 33.7 Å². The van der Waals surface area contributed by atoms with Crippen LogP contribution < -0.4 is 0 Å². The number of aryl methyl sites for hydroxylation is 1. The van der Waals surface area contributed by atoms with Gasteiger partial charge in [-0.15, -0.1) is 0 Å². The molecule has 2 aromatic rings. The summed E-state index contributed by atoms with van der Waals surface area (Å²) in [5.74, 6) is 0.847. The lowest BCUT2D eigenvalue weighted by Crippen LogP contribution is -2.39. The Labute approximate surface area is 129 Å². The average molecular weight is 306 g/mol. The van der Waals surface area contributed by atoms with Crippen molar-refractivity contribution in [3.63, 3.8) is 0 Å². The van der Waals surface area contributed by atoms with Crippen LogP contribution in [0.3, 0.4) is 0 Å². The van der Waals surface area contributed by atoms with E-state index in [9.17, 15) is 4.79 Å². The van der Waals surface area contributed by atoms with Crippen molar-refractivity contribution in [3.8, 4) is 0 Å². The first-order valence-corrected chi connectivity index (χ1v) is 7.90. The summed E-state index contributed by atoms with van der Waals surface area (Å²) in [7, 11) is 0. The van der Waals surface area contributed by atoms with Crippen LogP contribution >= 0.6 is 11.6 Å². The third-order valence-corrected chi connectivity index (χ3v) is 4.39. The van der Waals surface area contributed by atoms with E-state index in [1.807, 2.05) is 34.0 Å². The van der Waals surface area contributed by atoms with Crippen LogP contribution in [0.15, 0.2) is 24.4 Å². The quantitative estimate of drug-likeness (QED) is 0.872. The Bertz CT molecular complexity index is 652. The maximum Gasteiger partial charge on any atom is 0.224 e. The Kier molecular flexibility index (Phi) is 4.15. The highest BCUT2D eigenvalue weighted by Gasteiger charge is 2.20. The maximum atomic E-state index is 12.3. The molecule has 112 valence electrons. The molecule has 1 aliphatic rings. The van der Waals surface area contributed by atoms with Crippen LogP contribution in [0.5, 0.6) is 0 Å². The summed E-state index contributed by atoms with van der Waals surface area (Å²) in [6.07, 6.45) is 4.66. The number of hydrogen-bond acceptors (Lipinski definition) is 2. The highest BCUT2D eigenvalue weighted by atomic mass is 35.5. The molecule has 1 saturated heterocycles. The number of hydrogen-bond donors (Lipinski definition) is 0. The lowest BCUT2D eigenvalue weighted by Gasteiger charge is -2.31. The predicted molar refractivity (Wildman–Crippen MR) is 84.3 cm³/mol. The SMILES string of the molecule is C[C@@H]1CCCN(C(=O)CCn2ncc3ccc(Cl)cc32)C1. The summed E-state index contributed by atoms with van der Waals surface area (Å²) >= 11 is 6.03. The highest BCUT2D eigenvalue weighted by molar-refractivity contribution is 6.31. The van der Waals surface area contributed by atoms with Crippen molar-refractivity contribution in [2.75, 3.05) is 13.1 Å². The third kappa shape index (κ3) is 3.21. The van der Waals surface area contributed by atoms with Gasteiger partial charge < -0.3 is 4.90 Å². The van der Waals surface area contributed by atoms with Gasteiger partial charge in [-0.1, -0.05) is 18.5 Å². The van der Waals surface area contributed by atoms with Gasteiger partial charge in [0.25, 0.3) is 0 Å². The molecule has 3 rings (SSSR count). The van der Waals surface area contributed by atoms with Gasteiger partial charge in [-0.2, -0.15) is 5.10 Å². The number of carbonyl (C=O) groups excluding carboxylic acids is 1. The Morgan fingerprint density at radius 2 is 2.33 bits per heavy atom. The van der Waals surface area contributed by atoms with Crippen molar-refractivity contribution in [3.05, 3.63) is 29.4 Å². The topological polar surface area (TPSA) is 38.1 Å². The number of aromatic nitrogens is 2. The zero-order valence-corrected chi connectivity index (χ0v) is 13.0. The number of carbonyl (C=O) groups is 1. The van der Waals surface area contributed by atoms with Crippen LogP contribution in [0.1, 0.15) is 26.2 Å².